The quantitative estimate of drug-likeness (QED) is 0.351. The van der Waals surface area contributed by atoms with Crippen molar-refractivity contribution in [3.05, 3.63) is 65.1 Å². The van der Waals surface area contributed by atoms with Crippen LogP contribution in [0, 0.1) is 24.3 Å². The summed E-state index contributed by atoms with van der Waals surface area (Å²) in [5, 5.41) is 19.3. The van der Waals surface area contributed by atoms with Crippen molar-refractivity contribution in [1.29, 1.82) is 0 Å². The van der Waals surface area contributed by atoms with Crippen molar-refractivity contribution in [2.75, 3.05) is 6.16 Å². The van der Waals surface area contributed by atoms with E-state index in [-0.39, 0.29) is 11.7 Å². The summed E-state index contributed by atoms with van der Waals surface area (Å²) in [5.41, 5.74) is 5.95. The number of nitrogens with zero attached hydrogens (tertiary/aromatic N) is 1. The number of fused-ring (bicyclic) bond motifs is 1. The molecule has 0 saturated carbocycles. The van der Waals surface area contributed by atoms with Crippen molar-refractivity contribution in [3.63, 3.8) is 0 Å². The molecule has 1 heterocycles. The van der Waals surface area contributed by atoms with Crippen LogP contribution in [0.5, 0.6) is 0 Å². The molecule has 0 fully saturated rings. The number of pyridine rings is 1. The minimum absolute atomic E-state index is 0.0742. The van der Waals surface area contributed by atoms with Gasteiger partial charge in [-0.25, -0.2) is 4.39 Å². The molecule has 0 bridgehead atoms. The third-order valence-corrected chi connectivity index (χ3v) is 6.52. The van der Waals surface area contributed by atoms with Gasteiger partial charge in [-0.2, -0.15) is 0 Å². The summed E-state index contributed by atoms with van der Waals surface area (Å²) >= 11 is 0. The molecule has 8 heteroatoms. The van der Waals surface area contributed by atoms with E-state index in [0.29, 0.717) is 33.5 Å². The number of rotatable bonds is 6. The number of aliphatic hydroxyl groups is 1. The number of benzene rings is 2. The standard InChI is InChI=1S/C25H25FNO5P/c1-15(2)25-20(10-11-33(31,32)14-18(28)13-23(29)30)24(17-8-9-21(26)16(3)12-17)19-6-4-5-7-22(19)27-25/h4-9,12,15,18,28H,13-14H2,1-3H3,(H,29,30)(H,31,32). The van der Waals surface area contributed by atoms with Crippen molar-refractivity contribution in [3.8, 4) is 22.7 Å². The van der Waals surface area contributed by atoms with Crippen LogP contribution in [0.25, 0.3) is 22.0 Å². The molecule has 2 unspecified atom stereocenters. The van der Waals surface area contributed by atoms with Gasteiger partial charge in [-0.15, -0.1) is 0 Å². The van der Waals surface area contributed by atoms with Crippen LogP contribution in [-0.4, -0.2) is 38.3 Å². The molecule has 3 aromatic rings. The molecule has 0 saturated heterocycles. The second-order valence-electron chi connectivity index (χ2n) is 8.26. The largest absolute Gasteiger partial charge is 0.481 e. The van der Waals surface area contributed by atoms with E-state index in [4.69, 9.17) is 10.1 Å². The van der Waals surface area contributed by atoms with E-state index in [9.17, 15) is 23.7 Å². The fourth-order valence-corrected chi connectivity index (χ4v) is 4.69. The number of halogens is 1. The van der Waals surface area contributed by atoms with Gasteiger partial charge in [0.2, 0.25) is 0 Å². The number of hydrogen-bond acceptors (Lipinski definition) is 4. The van der Waals surface area contributed by atoms with Gasteiger partial charge in [-0.05, 0) is 47.8 Å². The number of aryl methyl sites for hydroxylation is 1. The molecule has 33 heavy (non-hydrogen) atoms. The average Bonchev–Trinajstić information content (AvgIpc) is 2.72. The topological polar surface area (TPSA) is 108 Å². The zero-order valence-electron chi connectivity index (χ0n) is 18.5. The first kappa shape index (κ1) is 24.6. The highest BCUT2D eigenvalue weighted by Crippen LogP contribution is 2.41. The number of para-hydroxylation sites is 1. The van der Waals surface area contributed by atoms with E-state index >= 15 is 0 Å². The van der Waals surface area contributed by atoms with Gasteiger partial charge in [-0.1, -0.05) is 44.0 Å². The maximum atomic E-state index is 14.0. The number of aliphatic carboxylic acids is 1. The summed E-state index contributed by atoms with van der Waals surface area (Å²) in [4.78, 5) is 25.8. The maximum absolute atomic E-state index is 14.0. The summed E-state index contributed by atoms with van der Waals surface area (Å²) in [6, 6.07) is 12.1. The minimum atomic E-state index is -4.17. The van der Waals surface area contributed by atoms with E-state index in [1.54, 1.807) is 19.1 Å². The van der Waals surface area contributed by atoms with E-state index < -0.39 is 32.0 Å². The van der Waals surface area contributed by atoms with Gasteiger partial charge >= 0.3 is 5.97 Å². The highest BCUT2D eigenvalue weighted by molar-refractivity contribution is 7.63. The maximum Gasteiger partial charge on any atom is 0.305 e. The summed E-state index contributed by atoms with van der Waals surface area (Å²) in [5.74, 6) is 1.12. The third-order valence-electron chi connectivity index (χ3n) is 5.14. The van der Waals surface area contributed by atoms with Crippen molar-refractivity contribution in [2.45, 2.75) is 39.2 Å². The van der Waals surface area contributed by atoms with Crippen LogP contribution in [0.15, 0.2) is 42.5 Å². The van der Waals surface area contributed by atoms with E-state index in [1.807, 2.05) is 38.1 Å². The van der Waals surface area contributed by atoms with Crippen LogP contribution in [0.4, 0.5) is 4.39 Å². The van der Waals surface area contributed by atoms with E-state index in [1.165, 1.54) is 6.07 Å². The molecule has 2 atom stereocenters. The molecule has 0 aliphatic rings. The molecule has 6 nitrogen and oxygen atoms in total. The van der Waals surface area contributed by atoms with Crippen LogP contribution in [-0.2, 0) is 9.36 Å². The van der Waals surface area contributed by atoms with Crippen LogP contribution in [0.2, 0.25) is 0 Å². The lowest BCUT2D eigenvalue weighted by Crippen LogP contribution is -2.17. The monoisotopic (exact) mass is 469 g/mol. The lowest BCUT2D eigenvalue weighted by Gasteiger charge is -2.17. The Balaban J connectivity index is 2.25. The molecule has 2 aromatic carbocycles. The molecule has 3 rings (SSSR count). The molecular formula is C25H25FNO5P. The van der Waals surface area contributed by atoms with Crippen LogP contribution < -0.4 is 0 Å². The Morgan fingerprint density at radius 2 is 1.91 bits per heavy atom. The Morgan fingerprint density at radius 3 is 2.55 bits per heavy atom. The van der Waals surface area contributed by atoms with Gasteiger partial charge in [-0.3, -0.25) is 14.3 Å². The molecule has 0 amide bonds. The summed E-state index contributed by atoms with van der Waals surface area (Å²) in [6.07, 6.45) is -2.80. The second kappa shape index (κ2) is 9.84. The lowest BCUT2D eigenvalue weighted by atomic mass is 9.90. The van der Waals surface area contributed by atoms with E-state index in [0.717, 1.165) is 5.39 Å². The molecule has 0 aliphatic carbocycles. The van der Waals surface area contributed by atoms with Crippen molar-refractivity contribution in [2.24, 2.45) is 0 Å². The van der Waals surface area contributed by atoms with Crippen molar-refractivity contribution < 1.29 is 28.9 Å². The highest BCUT2D eigenvalue weighted by Gasteiger charge is 2.24. The molecule has 0 radical (unpaired) electrons. The first-order valence-corrected chi connectivity index (χ1v) is 12.3. The van der Waals surface area contributed by atoms with Gasteiger partial charge in [0.25, 0.3) is 7.37 Å². The third kappa shape index (κ3) is 5.85. The van der Waals surface area contributed by atoms with Crippen molar-refractivity contribution >= 4 is 24.2 Å². The molecule has 0 spiro atoms. The van der Waals surface area contributed by atoms with Crippen molar-refractivity contribution in [1.82, 2.24) is 4.98 Å². The predicted octanol–water partition coefficient (Wildman–Crippen LogP) is 4.89. The zero-order valence-corrected chi connectivity index (χ0v) is 19.4. The van der Waals surface area contributed by atoms with Gasteiger partial charge in [0.05, 0.1) is 35.5 Å². The summed E-state index contributed by atoms with van der Waals surface area (Å²) < 4.78 is 26.6. The Morgan fingerprint density at radius 1 is 1.21 bits per heavy atom. The number of carboxylic acid groups (broad SMARTS) is 1. The predicted molar refractivity (Wildman–Crippen MR) is 126 cm³/mol. The smallest absolute Gasteiger partial charge is 0.305 e. The molecule has 0 aliphatic heterocycles. The van der Waals surface area contributed by atoms with Gasteiger partial charge in [0, 0.05) is 10.9 Å². The van der Waals surface area contributed by atoms with Gasteiger partial charge in [0.15, 0.2) is 0 Å². The lowest BCUT2D eigenvalue weighted by molar-refractivity contribution is -0.138. The SMILES string of the molecule is Cc1cc(-c2c(C#CP(=O)(O)CC(O)CC(=O)O)c(C(C)C)nc3ccccc23)ccc1F. The Labute approximate surface area is 191 Å². The van der Waals surface area contributed by atoms with Crippen LogP contribution in [0.1, 0.15) is 43.0 Å². The Hall–Kier alpha value is -3.04. The summed E-state index contributed by atoms with van der Waals surface area (Å²) in [6.45, 7) is 5.51. The average molecular weight is 469 g/mol. The molecular weight excluding hydrogens is 444 g/mol. The fraction of sp³-hybridized carbons (Fsp3) is 0.280. The number of aliphatic hydroxyl groups excluding tert-OH is 1. The highest BCUT2D eigenvalue weighted by atomic mass is 31.2. The molecule has 172 valence electrons. The number of hydrogen-bond donors (Lipinski definition) is 3. The normalized spacial score (nSPS) is 13.9. The number of carboxylic acids is 1. The van der Waals surface area contributed by atoms with Gasteiger partial charge in [0.1, 0.15) is 5.82 Å². The zero-order chi connectivity index (χ0) is 24.3. The molecule has 1 aromatic heterocycles. The first-order chi connectivity index (χ1) is 15.5. The van der Waals surface area contributed by atoms with Gasteiger partial charge < -0.3 is 15.1 Å². The molecule has 3 N–H and O–H groups in total. The summed E-state index contributed by atoms with van der Waals surface area (Å²) in [7, 11) is -4.17. The van der Waals surface area contributed by atoms with Crippen LogP contribution in [0.3, 0.4) is 0 Å². The number of carbonyl (C=O) groups is 1. The Bertz CT molecular complexity index is 1330. The van der Waals surface area contributed by atoms with E-state index in [2.05, 4.69) is 11.6 Å². The first-order valence-electron chi connectivity index (χ1n) is 10.4. The van der Waals surface area contributed by atoms with Crippen LogP contribution >= 0.6 is 7.37 Å². The minimum Gasteiger partial charge on any atom is -0.481 e. The fourth-order valence-electron chi connectivity index (χ4n) is 3.62. The number of aromatic nitrogens is 1. The second-order valence-corrected chi connectivity index (χ2v) is 10.2. The Kier molecular flexibility index (Phi) is 7.34.